The van der Waals surface area contributed by atoms with Gasteiger partial charge in [0.15, 0.2) is 28.1 Å². The van der Waals surface area contributed by atoms with Gasteiger partial charge in [0.25, 0.3) is 0 Å². The number of benzene rings is 2. The fraction of sp³-hybridized carbons (Fsp3) is 0.292. The highest BCUT2D eigenvalue weighted by molar-refractivity contribution is 7.80. The Morgan fingerprint density at radius 1 is 0.903 bits per heavy atom. The molecular formula is C24H22N2O4S. The zero-order valence-electron chi connectivity index (χ0n) is 17.1. The third kappa shape index (κ3) is 3.29. The summed E-state index contributed by atoms with van der Waals surface area (Å²) in [7, 11) is 0. The lowest BCUT2D eigenvalue weighted by Gasteiger charge is -2.38. The van der Waals surface area contributed by atoms with Crippen LogP contribution in [0.2, 0.25) is 0 Å². The summed E-state index contributed by atoms with van der Waals surface area (Å²) in [5.74, 6) is 3.68. The Hall–Kier alpha value is -3.19. The first-order valence-electron chi connectivity index (χ1n) is 10.4. The van der Waals surface area contributed by atoms with Crippen LogP contribution in [0.5, 0.6) is 23.0 Å². The molecule has 6 nitrogen and oxygen atoms in total. The summed E-state index contributed by atoms with van der Waals surface area (Å²) < 4.78 is 22.1. The van der Waals surface area contributed by atoms with Gasteiger partial charge in [0, 0.05) is 5.70 Å². The molecule has 0 aromatic heterocycles. The molecule has 0 fully saturated rings. The lowest BCUT2D eigenvalue weighted by atomic mass is 9.78. The van der Waals surface area contributed by atoms with E-state index in [4.69, 9.17) is 31.2 Å². The molecule has 0 unspecified atom stereocenters. The average molecular weight is 435 g/mol. The standard InChI is InChI=1S/C24H22N2O4S/c1-13-6-16(8-14-2-4-18-20(9-14)29-11-27-18)23-17(7-13)22(25-24(31)26-23)15-3-5-19-21(10-15)30-12-28-19/h2-5,8-10,13,22H,6-7,11-12H2,1H3,(H2,25,26,31)/b16-8+/t13-,22-/m0/s1. The van der Waals surface area contributed by atoms with Gasteiger partial charge in [0.1, 0.15) is 0 Å². The van der Waals surface area contributed by atoms with Gasteiger partial charge in [-0.05, 0) is 83.6 Å². The van der Waals surface area contributed by atoms with E-state index in [2.05, 4.69) is 41.8 Å². The van der Waals surface area contributed by atoms with Gasteiger partial charge in [-0.25, -0.2) is 0 Å². The maximum absolute atomic E-state index is 5.60. The normalized spacial score (nSPS) is 24.7. The largest absolute Gasteiger partial charge is 0.454 e. The van der Waals surface area contributed by atoms with Crippen LogP contribution >= 0.6 is 12.2 Å². The SMILES string of the molecule is C[C@@H]1CC2=C(NC(=S)N[C@H]2c2ccc3c(c2)OCO3)/C(=C/c2ccc3c(c2)OCO3)C1. The maximum Gasteiger partial charge on any atom is 0.231 e. The number of hydrogen-bond acceptors (Lipinski definition) is 5. The minimum absolute atomic E-state index is 0.00107. The molecule has 2 N–H and O–H groups in total. The minimum Gasteiger partial charge on any atom is -0.454 e. The van der Waals surface area contributed by atoms with Crippen LogP contribution in [-0.2, 0) is 0 Å². The smallest absolute Gasteiger partial charge is 0.231 e. The van der Waals surface area contributed by atoms with Gasteiger partial charge in [-0.15, -0.1) is 0 Å². The molecule has 0 amide bonds. The number of ether oxygens (including phenoxy) is 4. The van der Waals surface area contributed by atoms with Gasteiger partial charge >= 0.3 is 0 Å². The molecule has 3 heterocycles. The summed E-state index contributed by atoms with van der Waals surface area (Å²) in [5.41, 5.74) is 5.91. The molecule has 2 atom stereocenters. The van der Waals surface area contributed by atoms with Crippen LogP contribution in [0.25, 0.3) is 6.08 Å². The molecule has 0 spiro atoms. The summed E-state index contributed by atoms with van der Waals surface area (Å²) in [6.45, 7) is 2.84. The van der Waals surface area contributed by atoms with E-state index in [1.54, 1.807) is 0 Å². The zero-order valence-corrected chi connectivity index (χ0v) is 17.9. The first kappa shape index (κ1) is 18.6. The van der Waals surface area contributed by atoms with Crippen LogP contribution < -0.4 is 29.6 Å². The van der Waals surface area contributed by atoms with Crippen molar-refractivity contribution in [3.05, 3.63) is 64.4 Å². The lowest BCUT2D eigenvalue weighted by molar-refractivity contribution is 0.173. The van der Waals surface area contributed by atoms with Crippen molar-refractivity contribution in [1.82, 2.24) is 10.6 Å². The highest BCUT2D eigenvalue weighted by atomic mass is 32.1. The molecule has 1 aliphatic carbocycles. The van der Waals surface area contributed by atoms with Crippen LogP contribution in [0.1, 0.15) is 36.9 Å². The summed E-state index contributed by atoms with van der Waals surface area (Å²) in [6.07, 6.45) is 4.21. The van der Waals surface area contributed by atoms with Crippen molar-refractivity contribution < 1.29 is 18.9 Å². The van der Waals surface area contributed by atoms with Gasteiger partial charge < -0.3 is 29.6 Å². The molecule has 0 radical (unpaired) electrons. The predicted octanol–water partition coefficient (Wildman–Crippen LogP) is 4.43. The van der Waals surface area contributed by atoms with Crippen molar-refractivity contribution in [2.24, 2.45) is 5.92 Å². The van der Waals surface area contributed by atoms with Crippen molar-refractivity contribution in [2.45, 2.75) is 25.8 Å². The van der Waals surface area contributed by atoms with Crippen LogP contribution in [0.4, 0.5) is 0 Å². The Bertz CT molecular complexity index is 1160. The molecule has 3 aliphatic heterocycles. The van der Waals surface area contributed by atoms with Gasteiger partial charge in [-0.1, -0.05) is 19.1 Å². The number of fused-ring (bicyclic) bond motifs is 2. The van der Waals surface area contributed by atoms with E-state index in [0.717, 1.165) is 52.7 Å². The van der Waals surface area contributed by atoms with Gasteiger partial charge in [-0.2, -0.15) is 0 Å². The van der Waals surface area contributed by atoms with E-state index in [9.17, 15) is 0 Å². The Balaban J connectivity index is 1.41. The van der Waals surface area contributed by atoms with E-state index in [-0.39, 0.29) is 19.6 Å². The van der Waals surface area contributed by atoms with Crippen molar-refractivity contribution in [3.8, 4) is 23.0 Å². The lowest BCUT2D eigenvalue weighted by Crippen LogP contribution is -2.45. The third-order valence-electron chi connectivity index (χ3n) is 6.11. The van der Waals surface area contributed by atoms with E-state index >= 15 is 0 Å². The molecule has 2 aromatic carbocycles. The monoisotopic (exact) mass is 434 g/mol. The quantitative estimate of drug-likeness (QED) is 0.678. The molecule has 2 aromatic rings. The number of nitrogens with one attached hydrogen (secondary N) is 2. The molecular weight excluding hydrogens is 412 g/mol. The summed E-state index contributed by atoms with van der Waals surface area (Å²) in [4.78, 5) is 0. The van der Waals surface area contributed by atoms with E-state index in [0.29, 0.717) is 11.0 Å². The molecule has 0 saturated heterocycles. The molecule has 7 heteroatoms. The molecule has 6 rings (SSSR count). The number of hydrogen-bond donors (Lipinski definition) is 2. The molecule has 4 aliphatic rings. The molecule has 158 valence electrons. The van der Waals surface area contributed by atoms with E-state index in [1.807, 2.05) is 18.2 Å². The summed E-state index contributed by atoms with van der Waals surface area (Å²) >= 11 is 5.59. The minimum atomic E-state index is 0.00107. The fourth-order valence-electron chi connectivity index (χ4n) is 4.74. The Morgan fingerprint density at radius 2 is 1.61 bits per heavy atom. The second-order valence-electron chi connectivity index (χ2n) is 8.34. The van der Waals surface area contributed by atoms with Crippen molar-refractivity contribution in [3.63, 3.8) is 0 Å². The Morgan fingerprint density at radius 3 is 2.42 bits per heavy atom. The van der Waals surface area contributed by atoms with Crippen molar-refractivity contribution in [2.75, 3.05) is 13.6 Å². The molecule has 0 saturated carbocycles. The Labute approximate surface area is 185 Å². The average Bonchev–Trinajstić information content (AvgIpc) is 3.42. The third-order valence-corrected chi connectivity index (χ3v) is 6.33. The molecule has 0 bridgehead atoms. The Kier molecular flexibility index (Phi) is 4.31. The highest BCUT2D eigenvalue weighted by Gasteiger charge is 2.33. The first-order valence-corrected chi connectivity index (χ1v) is 10.9. The topological polar surface area (TPSA) is 61.0 Å². The van der Waals surface area contributed by atoms with Crippen LogP contribution in [0.15, 0.2) is 53.2 Å². The van der Waals surface area contributed by atoms with Crippen molar-refractivity contribution in [1.29, 1.82) is 0 Å². The molecule has 31 heavy (non-hydrogen) atoms. The number of allylic oxidation sites excluding steroid dienone is 1. The first-order chi connectivity index (χ1) is 15.1. The number of rotatable bonds is 2. The van der Waals surface area contributed by atoms with Crippen LogP contribution in [0, 0.1) is 5.92 Å². The van der Waals surface area contributed by atoms with Crippen LogP contribution in [0.3, 0.4) is 0 Å². The van der Waals surface area contributed by atoms with Gasteiger partial charge in [0.05, 0.1) is 6.04 Å². The second-order valence-corrected chi connectivity index (χ2v) is 8.75. The summed E-state index contributed by atoms with van der Waals surface area (Å²) in [5, 5.41) is 7.53. The van der Waals surface area contributed by atoms with Crippen LogP contribution in [-0.4, -0.2) is 18.7 Å². The van der Waals surface area contributed by atoms with Crippen molar-refractivity contribution >= 4 is 23.4 Å². The number of thiocarbonyl (C=S) groups is 1. The van der Waals surface area contributed by atoms with Gasteiger partial charge in [-0.3, -0.25) is 0 Å². The fourth-order valence-corrected chi connectivity index (χ4v) is 4.96. The van der Waals surface area contributed by atoms with Gasteiger partial charge in [0.2, 0.25) is 13.6 Å². The predicted molar refractivity (Wildman–Crippen MR) is 120 cm³/mol. The zero-order chi connectivity index (χ0) is 20.9. The van der Waals surface area contributed by atoms with E-state index in [1.165, 1.54) is 11.1 Å². The second kappa shape index (κ2) is 7.20. The maximum atomic E-state index is 5.60. The highest BCUT2D eigenvalue weighted by Crippen LogP contribution is 2.43. The summed E-state index contributed by atoms with van der Waals surface area (Å²) in [6, 6.07) is 12.2. The van der Waals surface area contributed by atoms with E-state index < -0.39 is 0 Å².